The summed E-state index contributed by atoms with van der Waals surface area (Å²) in [5.41, 5.74) is 4.84. The monoisotopic (exact) mass is 443 g/mol. The fourth-order valence-electron chi connectivity index (χ4n) is 3.61. The van der Waals surface area contributed by atoms with Crippen molar-refractivity contribution in [3.8, 4) is 0 Å². The Morgan fingerprint density at radius 3 is 2.57 bits per heavy atom. The number of fused-ring (bicyclic) bond motifs is 1. The predicted molar refractivity (Wildman–Crippen MR) is 118 cm³/mol. The molecule has 6 heteroatoms. The number of hydrogen-bond donors (Lipinski definition) is 1. The summed E-state index contributed by atoms with van der Waals surface area (Å²) in [6.45, 7) is 8.13. The molecule has 3 rings (SSSR count). The van der Waals surface area contributed by atoms with E-state index in [0.717, 1.165) is 45.8 Å². The zero-order chi connectivity index (χ0) is 20.3. The molecule has 0 radical (unpaired) electrons. The molecule has 0 aliphatic carbocycles. The third-order valence-corrected chi connectivity index (χ3v) is 5.65. The number of hydrogen-bond acceptors (Lipinski definition) is 3. The highest BCUT2D eigenvalue weighted by Gasteiger charge is 2.26. The first-order valence-corrected chi connectivity index (χ1v) is 10.5. The van der Waals surface area contributed by atoms with E-state index in [9.17, 15) is 9.59 Å². The minimum Gasteiger partial charge on any atom is -0.372 e. The molecule has 1 aliphatic heterocycles. The van der Waals surface area contributed by atoms with Gasteiger partial charge in [-0.05, 0) is 74.7 Å². The van der Waals surface area contributed by atoms with E-state index < -0.39 is 0 Å². The fourth-order valence-corrected chi connectivity index (χ4v) is 4.02. The molecule has 0 spiro atoms. The number of aryl methyl sites for hydroxylation is 2. The fraction of sp³-hybridized carbons (Fsp3) is 0.364. The van der Waals surface area contributed by atoms with E-state index in [1.54, 1.807) is 4.90 Å². The Bertz CT molecular complexity index is 893. The Morgan fingerprint density at radius 2 is 1.89 bits per heavy atom. The van der Waals surface area contributed by atoms with Crippen LogP contribution in [0.3, 0.4) is 0 Å². The quantitative estimate of drug-likeness (QED) is 0.713. The largest absolute Gasteiger partial charge is 0.372 e. The minimum absolute atomic E-state index is 0.0152. The van der Waals surface area contributed by atoms with Gasteiger partial charge in [-0.2, -0.15) is 0 Å². The zero-order valence-corrected chi connectivity index (χ0v) is 18.2. The number of anilines is 3. The molecule has 1 aliphatic rings. The summed E-state index contributed by atoms with van der Waals surface area (Å²) in [6, 6.07) is 11.9. The molecule has 0 aromatic heterocycles. The average molecular weight is 444 g/mol. The first-order valence-electron chi connectivity index (χ1n) is 9.67. The summed E-state index contributed by atoms with van der Waals surface area (Å²) < 4.78 is 0.980. The van der Waals surface area contributed by atoms with Crippen LogP contribution in [0.2, 0.25) is 0 Å². The van der Waals surface area contributed by atoms with Crippen LogP contribution in [0.25, 0.3) is 0 Å². The SMILES string of the molecule is CCN(CC)c1ccc(NC(=O)CN2C(=O)CCc3cc(Br)ccc32)c(C)c1. The zero-order valence-electron chi connectivity index (χ0n) is 16.6. The van der Waals surface area contributed by atoms with Crippen molar-refractivity contribution in [2.24, 2.45) is 0 Å². The average Bonchev–Trinajstić information content (AvgIpc) is 2.67. The van der Waals surface area contributed by atoms with Gasteiger partial charge in [-0.1, -0.05) is 15.9 Å². The highest BCUT2D eigenvalue weighted by atomic mass is 79.9. The van der Waals surface area contributed by atoms with E-state index in [2.05, 4.69) is 46.1 Å². The van der Waals surface area contributed by atoms with Gasteiger partial charge < -0.3 is 15.1 Å². The third-order valence-electron chi connectivity index (χ3n) is 5.16. The molecule has 0 bridgehead atoms. The number of halogens is 1. The number of amides is 2. The van der Waals surface area contributed by atoms with Crippen LogP contribution in [0.4, 0.5) is 17.1 Å². The lowest BCUT2D eigenvalue weighted by Crippen LogP contribution is -2.41. The van der Waals surface area contributed by atoms with E-state index >= 15 is 0 Å². The molecule has 1 N–H and O–H groups in total. The molecule has 5 nitrogen and oxygen atoms in total. The normalized spacial score (nSPS) is 13.3. The Labute approximate surface area is 174 Å². The van der Waals surface area contributed by atoms with Gasteiger partial charge in [0.25, 0.3) is 0 Å². The first kappa shape index (κ1) is 20.4. The van der Waals surface area contributed by atoms with E-state index in [1.165, 1.54) is 0 Å². The summed E-state index contributed by atoms with van der Waals surface area (Å²) in [4.78, 5) is 28.9. The summed E-state index contributed by atoms with van der Waals surface area (Å²) in [7, 11) is 0. The summed E-state index contributed by atoms with van der Waals surface area (Å²) >= 11 is 3.47. The van der Waals surface area contributed by atoms with Crippen molar-refractivity contribution in [3.05, 3.63) is 52.0 Å². The van der Waals surface area contributed by atoms with Gasteiger partial charge in [0.1, 0.15) is 6.54 Å². The molecule has 0 unspecified atom stereocenters. The molecule has 2 amide bonds. The third kappa shape index (κ3) is 4.38. The number of rotatable bonds is 6. The number of nitrogens with zero attached hydrogens (tertiary/aromatic N) is 2. The maximum atomic E-state index is 12.7. The van der Waals surface area contributed by atoms with Gasteiger partial charge in [-0.3, -0.25) is 9.59 Å². The van der Waals surface area contributed by atoms with Crippen molar-refractivity contribution < 1.29 is 9.59 Å². The number of carbonyl (C=O) groups is 2. The molecule has 0 atom stereocenters. The highest BCUT2D eigenvalue weighted by molar-refractivity contribution is 9.10. The predicted octanol–water partition coefficient (Wildman–Crippen LogP) is 4.52. The summed E-state index contributed by atoms with van der Waals surface area (Å²) in [5.74, 6) is -0.207. The lowest BCUT2D eigenvalue weighted by Gasteiger charge is -2.29. The molecule has 148 valence electrons. The number of carbonyl (C=O) groups excluding carboxylic acids is 2. The van der Waals surface area contributed by atoms with Gasteiger partial charge in [0.2, 0.25) is 11.8 Å². The van der Waals surface area contributed by atoms with Crippen molar-refractivity contribution in [1.82, 2.24) is 0 Å². The number of nitrogens with one attached hydrogen (secondary N) is 1. The maximum absolute atomic E-state index is 12.7. The van der Waals surface area contributed by atoms with Crippen LogP contribution >= 0.6 is 15.9 Å². The van der Waals surface area contributed by atoms with Gasteiger partial charge in [0.05, 0.1) is 0 Å². The topological polar surface area (TPSA) is 52.7 Å². The lowest BCUT2D eigenvalue weighted by atomic mass is 10.0. The molecule has 28 heavy (non-hydrogen) atoms. The second kappa shape index (κ2) is 8.78. The molecule has 2 aromatic carbocycles. The van der Waals surface area contributed by atoms with Crippen molar-refractivity contribution in [3.63, 3.8) is 0 Å². The van der Waals surface area contributed by atoms with Gasteiger partial charge in [-0.15, -0.1) is 0 Å². The minimum atomic E-state index is -0.192. The molecule has 0 saturated carbocycles. The van der Waals surface area contributed by atoms with Crippen molar-refractivity contribution in [2.75, 3.05) is 34.8 Å². The van der Waals surface area contributed by atoms with Gasteiger partial charge in [0.15, 0.2) is 0 Å². The van der Waals surface area contributed by atoms with Crippen LogP contribution in [0.15, 0.2) is 40.9 Å². The smallest absolute Gasteiger partial charge is 0.244 e. The molecular formula is C22H26BrN3O2. The van der Waals surface area contributed by atoms with E-state index in [-0.39, 0.29) is 18.4 Å². The van der Waals surface area contributed by atoms with Crippen LogP contribution in [0.5, 0.6) is 0 Å². The molecular weight excluding hydrogens is 418 g/mol. The standard InChI is InChI=1S/C22H26BrN3O2/c1-4-25(5-2)18-8-9-19(15(3)12-18)24-21(27)14-26-20-10-7-17(23)13-16(20)6-11-22(26)28/h7-10,12-13H,4-6,11,14H2,1-3H3,(H,24,27). The van der Waals surface area contributed by atoms with Crippen molar-refractivity contribution >= 4 is 44.8 Å². The highest BCUT2D eigenvalue weighted by Crippen LogP contribution is 2.30. The van der Waals surface area contributed by atoms with E-state index in [4.69, 9.17) is 0 Å². The van der Waals surface area contributed by atoms with Crippen LogP contribution in [0.1, 0.15) is 31.4 Å². The Morgan fingerprint density at radius 1 is 1.14 bits per heavy atom. The lowest BCUT2D eigenvalue weighted by molar-refractivity contribution is -0.121. The second-order valence-electron chi connectivity index (χ2n) is 6.97. The summed E-state index contributed by atoms with van der Waals surface area (Å²) in [5, 5.41) is 2.96. The summed E-state index contributed by atoms with van der Waals surface area (Å²) in [6.07, 6.45) is 1.13. The van der Waals surface area contributed by atoms with Crippen LogP contribution in [0, 0.1) is 6.92 Å². The van der Waals surface area contributed by atoms with Crippen molar-refractivity contribution in [2.45, 2.75) is 33.6 Å². The van der Waals surface area contributed by atoms with Crippen LogP contribution in [-0.2, 0) is 16.0 Å². The van der Waals surface area contributed by atoms with Crippen LogP contribution in [-0.4, -0.2) is 31.4 Å². The molecule has 0 fully saturated rings. The molecule has 1 heterocycles. The Kier molecular flexibility index (Phi) is 6.39. The van der Waals surface area contributed by atoms with Gasteiger partial charge in [0, 0.05) is 41.0 Å². The van der Waals surface area contributed by atoms with Gasteiger partial charge in [-0.25, -0.2) is 0 Å². The Hall–Kier alpha value is -2.34. The Balaban J connectivity index is 1.73. The van der Waals surface area contributed by atoms with Gasteiger partial charge >= 0.3 is 0 Å². The maximum Gasteiger partial charge on any atom is 0.244 e. The first-order chi connectivity index (χ1) is 13.4. The van der Waals surface area contributed by atoms with E-state index in [1.807, 2.05) is 37.3 Å². The number of benzene rings is 2. The molecule has 2 aromatic rings. The van der Waals surface area contributed by atoms with Crippen LogP contribution < -0.4 is 15.1 Å². The molecule has 0 saturated heterocycles. The second-order valence-corrected chi connectivity index (χ2v) is 7.89. The van der Waals surface area contributed by atoms with Crippen molar-refractivity contribution in [1.29, 1.82) is 0 Å². The van der Waals surface area contributed by atoms with E-state index in [0.29, 0.717) is 12.8 Å².